The predicted octanol–water partition coefficient (Wildman–Crippen LogP) is 2.47. The Kier molecular flexibility index (Phi) is 4.26. The van der Waals surface area contributed by atoms with Gasteiger partial charge in [-0.05, 0) is 38.7 Å². The molecular weight excluding hydrogens is 267 g/mol. The molecule has 21 heavy (non-hydrogen) atoms. The normalized spacial score (nSPS) is 20.1. The first-order valence-electron chi connectivity index (χ1n) is 7.05. The SMILES string of the molecule is CC1(C)OB(c2cccc(C=CCC(=O)O)c2)OC1(C)C. The molecule has 0 unspecified atom stereocenters. The molecule has 1 N–H and O–H groups in total. The molecule has 0 radical (unpaired) electrons. The monoisotopic (exact) mass is 288 g/mol. The first-order chi connectivity index (χ1) is 9.71. The van der Waals surface area contributed by atoms with Crippen molar-refractivity contribution in [3.05, 3.63) is 35.9 Å². The average Bonchev–Trinajstić information content (AvgIpc) is 2.58. The number of rotatable bonds is 4. The second-order valence-corrected chi connectivity index (χ2v) is 6.26. The second kappa shape index (κ2) is 5.66. The van der Waals surface area contributed by atoms with Gasteiger partial charge >= 0.3 is 13.1 Å². The number of benzene rings is 1. The van der Waals surface area contributed by atoms with Crippen molar-refractivity contribution in [3.63, 3.8) is 0 Å². The largest absolute Gasteiger partial charge is 0.494 e. The summed E-state index contributed by atoms with van der Waals surface area (Å²) >= 11 is 0. The van der Waals surface area contributed by atoms with Gasteiger partial charge in [0.05, 0.1) is 17.6 Å². The molecule has 1 saturated heterocycles. The van der Waals surface area contributed by atoms with E-state index < -0.39 is 13.1 Å². The van der Waals surface area contributed by atoms with Crippen LogP contribution in [0.3, 0.4) is 0 Å². The third kappa shape index (κ3) is 3.54. The summed E-state index contributed by atoms with van der Waals surface area (Å²) in [5.74, 6) is -0.839. The van der Waals surface area contributed by atoms with Crippen LogP contribution in [0, 0.1) is 0 Å². The van der Waals surface area contributed by atoms with E-state index in [9.17, 15) is 4.79 Å². The van der Waals surface area contributed by atoms with Crippen LogP contribution < -0.4 is 5.46 Å². The van der Waals surface area contributed by atoms with Crippen LogP contribution in [0.2, 0.25) is 0 Å². The highest BCUT2D eigenvalue weighted by molar-refractivity contribution is 6.62. The summed E-state index contributed by atoms with van der Waals surface area (Å²) in [5, 5.41) is 8.64. The fraction of sp³-hybridized carbons (Fsp3) is 0.438. The van der Waals surface area contributed by atoms with Crippen molar-refractivity contribution in [2.24, 2.45) is 0 Å². The minimum Gasteiger partial charge on any atom is -0.481 e. The minimum absolute atomic E-state index is 0.0146. The summed E-state index contributed by atoms with van der Waals surface area (Å²) in [5.41, 5.74) is 1.13. The molecule has 0 aromatic heterocycles. The molecule has 0 bridgehead atoms. The van der Waals surface area contributed by atoms with E-state index in [1.54, 1.807) is 12.2 Å². The average molecular weight is 288 g/mol. The van der Waals surface area contributed by atoms with Crippen LogP contribution in [0.4, 0.5) is 0 Å². The molecule has 1 aromatic carbocycles. The Morgan fingerprint density at radius 3 is 2.43 bits per heavy atom. The van der Waals surface area contributed by atoms with Crippen molar-refractivity contribution in [1.29, 1.82) is 0 Å². The Bertz CT molecular complexity index is 547. The van der Waals surface area contributed by atoms with Crippen LogP contribution in [-0.4, -0.2) is 29.4 Å². The standard InChI is InChI=1S/C16H21BO4/c1-15(2)16(3,4)21-17(20-15)13-9-5-7-12(11-13)8-6-10-14(18)19/h5-9,11H,10H2,1-4H3,(H,18,19). The number of aliphatic carboxylic acids is 1. The zero-order chi connectivity index (χ0) is 15.7. The molecule has 1 aromatic rings. The predicted molar refractivity (Wildman–Crippen MR) is 83.4 cm³/mol. The summed E-state index contributed by atoms with van der Waals surface area (Å²) in [6, 6.07) is 7.76. The van der Waals surface area contributed by atoms with Gasteiger partial charge in [-0.2, -0.15) is 0 Å². The zero-order valence-corrected chi connectivity index (χ0v) is 12.9. The molecule has 0 atom stereocenters. The van der Waals surface area contributed by atoms with E-state index >= 15 is 0 Å². The molecule has 5 heteroatoms. The van der Waals surface area contributed by atoms with E-state index in [-0.39, 0.29) is 17.6 Å². The molecule has 1 heterocycles. The molecule has 0 aliphatic carbocycles. The van der Waals surface area contributed by atoms with Gasteiger partial charge in [0.25, 0.3) is 0 Å². The lowest BCUT2D eigenvalue weighted by Crippen LogP contribution is -2.41. The van der Waals surface area contributed by atoms with Gasteiger partial charge in [-0.15, -0.1) is 0 Å². The number of carbonyl (C=O) groups is 1. The Morgan fingerprint density at radius 2 is 1.86 bits per heavy atom. The Labute approximate surface area is 125 Å². The topological polar surface area (TPSA) is 55.8 Å². The third-order valence-corrected chi connectivity index (χ3v) is 4.04. The van der Waals surface area contributed by atoms with Crippen molar-refractivity contribution in [1.82, 2.24) is 0 Å². The molecule has 1 aliphatic heterocycles. The van der Waals surface area contributed by atoms with Crippen molar-refractivity contribution in [2.75, 3.05) is 0 Å². The Balaban J connectivity index is 2.16. The van der Waals surface area contributed by atoms with Gasteiger partial charge < -0.3 is 14.4 Å². The van der Waals surface area contributed by atoms with Gasteiger partial charge in [0.1, 0.15) is 0 Å². The highest BCUT2D eigenvalue weighted by atomic mass is 16.7. The zero-order valence-electron chi connectivity index (χ0n) is 12.9. The van der Waals surface area contributed by atoms with E-state index in [0.717, 1.165) is 11.0 Å². The van der Waals surface area contributed by atoms with Crippen LogP contribution >= 0.6 is 0 Å². The first-order valence-corrected chi connectivity index (χ1v) is 7.05. The van der Waals surface area contributed by atoms with Gasteiger partial charge in [0, 0.05) is 0 Å². The molecular formula is C16H21BO4. The van der Waals surface area contributed by atoms with E-state index in [0.29, 0.717) is 0 Å². The lowest BCUT2D eigenvalue weighted by molar-refractivity contribution is -0.135. The molecule has 1 fully saturated rings. The highest BCUT2D eigenvalue weighted by Gasteiger charge is 2.51. The molecule has 1 aliphatic rings. The van der Waals surface area contributed by atoms with Crippen LogP contribution in [0.25, 0.3) is 6.08 Å². The molecule has 0 amide bonds. The van der Waals surface area contributed by atoms with Crippen molar-refractivity contribution in [2.45, 2.75) is 45.3 Å². The summed E-state index contributed by atoms with van der Waals surface area (Å²) in [6.07, 6.45) is 3.44. The minimum atomic E-state index is -0.839. The summed E-state index contributed by atoms with van der Waals surface area (Å²) in [4.78, 5) is 10.5. The van der Waals surface area contributed by atoms with Crippen LogP contribution in [0.1, 0.15) is 39.7 Å². The van der Waals surface area contributed by atoms with Crippen LogP contribution in [0.5, 0.6) is 0 Å². The summed E-state index contributed by atoms with van der Waals surface area (Å²) in [7, 11) is -0.400. The van der Waals surface area contributed by atoms with Crippen LogP contribution in [-0.2, 0) is 14.1 Å². The number of carboxylic acids is 1. The molecule has 0 saturated carbocycles. The Morgan fingerprint density at radius 1 is 1.24 bits per heavy atom. The summed E-state index contributed by atoms with van der Waals surface area (Å²) < 4.78 is 12.0. The van der Waals surface area contributed by atoms with Gasteiger partial charge in [-0.3, -0.25) is 4.79 Å². The van der Waals surface area contributed by atoms with E-state index in [2.05, 4.69) is 0 Å². The van der Waals surface area contributed by atoms with Gasteiger partial charge in [-0.25, -0.2) is 0 Å². The van der Waals surface area contributed by atoms with Gasteiger partial charge in [0.15, 0.2) is 0 Å². The van der Waals surface area contributed by atoms with Crippen molar-refractivity contribution in [3.8, 4) is 0 Å². The van der Waals surface area contributed by atoms with E-state index in [1.807, 2.05) is 52.0 Å². The van der Waals surface area contributed by atoms with Gasteiger partial charge in [-0.1, -0.05) is 36.4 Å². The molecule has 112 valence electrons. The fourth-order valence-electron chi connectivity index (χ4n) is 2.08. The quantitative estimate of drug-likeness (QED) is 0.865. The van der Waals surface area contributed by atoms with E-state index in [4.69, 9.17) is 14.4 Å². The first kappa shape index (κ1) is 15.8. The number of carboxylic acid groups (broad SMARTS) is 1. The fourth-order valence-corrected chi connectivity index (χ4v) is 2.08. The smallest absolute Gasteiger partial charge is 0.481 e. The highest BCUT2D eigenvalue weighted by Crippen LogP contribution is 2.36. The molecule has 2 rings (SSSR count). The number of hydrogen-bond donors (Lipinski definition) is 1. The second-order valence-electron chi connectivity index (χ2n) is 6.26. The van der Waals surface area contributed by atoms with Crippen molar-refractivity contribution >= 4 is 24.6 Å². The Hall–Kier alpha value is -1.59. The lowest BCUT2D eigenvalue weighted by Gasteiger charge is -2.32. The lowest BCUT2D eigenvalue weighted by atomic mass is 9.78. The number of hydrogen-bond acceptors (Lipinski definition) is 3. The maximum Gasteiger partial charge on any atom is 0.494 e. The maximum atomic E-state index is 10.5. The third-order valence-electron chi connectivity index (χ3n) is 4.04. The van der Waals surface area contributed by atoms with Crippen molar-refractivity contribution < 1.29 is 19.2 Å². The van der Waals surface area contributed by atoms with E-state index in [1.165, 1.54) is 0 Å². The summed E-state index contributed by atoms with van der Waals surface area (Å²) in [6.45, 7) is 8.07. The maximum absolute atomic E-state index is 10.5. The van der Waals surface area contributed by atoms with Crippen LogP contribution in [0.15, 0.2) is 30.3 Å². The van der Waals surface area contributed by atoms with Gasteiger partial charge in [0.2, 0.25) is 0 Å². The molecule has 0 spiro atoms. The molecule has 4 nitrogen and oxygen atoms in total.